The molecule has 4 heteroatoms. The zero-order chi connectivity index (χ0) is 16.5. The highest BCUT2D eigenvalue weighted by molar-refractivity contribution is 6.28. The Morgan fingerprint density at radius 3 is 2.42 bits per heavy atom. The Kier molecular flexibility index (Phi) is 3.87. The van der Waals surface area contributed by atoms with Gasteiger partial charge in [0.2, 0.25) is 5.28 Å². The van der Waals surface area contributed by atoms with Crippen LogP contribution < -0.4 is 0 Å². The van der Waals surface area contributed by atoms with Gasteiger partial charge in [-0.05, 0) is 35.1 Å². The smallest absolute Gasteiger partial charge is 0.208 e. The first-order valence-electron chi connectivity index (χ1n) is 7.98. The summed E-state index contributed by atoms with van der Waals surface area (Å²) < 4.78 is 0. The van der Waals surface area contributed by atoms with Crippen molar-refractivity contribution < 1.29 is 0 Å². The minimum atomic E-state index is 0.218. The van der Waals surface area contributed by atoms with E-state index >= 15 is 0 Å². The number of nitrogens with zero attached hydrogens (tertiary/aromatic N) is 3. The Balaban J connectivity index is 1.87. The summed E-state index contributed by atoms with van der Waals surface area (Å²) >= 11 is 6.19. The van der Waals surface area contributed by atoms with Crippen molar-refractivity contribution in [2.24, 2.45) is 5.92 Å². The number of halogens is 1. The first-order valence-corrected chi connectivity index (χ1v) is 8.36. The van der Waals surface area contributed by atoms with Gasteiger partial charge in [-0.2, -0.15) is 9.97 Å². The molecule has 0 saturated heterocycles. The fourth-order valence-electron chi connectivity index (χ4n) is 3.12. The molecule has 0 aliphatic heterocycles. The van der Waals surface area contributed by atoms with E-state index in [-0.39, 0.29) is 5.28 Å². The van der Waals surface area contributed by atoms with E-state index in [4.69, 9.17) is 11.6 Å². The normalized spacial score (nSPS) is 16.4. The fraction of sp³-hybridized carbons (Fsp3) is 0.150. The van der Waals surface area contributed by atoms with Crippen LogP contribution in [0.15, 0.2) is 60.7 Å². The Morgan fingerprint density at radius 2 is 1.58 bits per heavy atom. The molecule has 0 spiro atoms. The SMILES string of the molecule is CC1C=C(c2nc(Cl)nc(-c3ccccc3)n2)c2ccccc2C1. The first-order chi connectivity index (χ1) is 11.7. The number of rotatable bonds is 2. The van der Waals surface area contributed by atoms with Crippen molar-refractivity contribution >= 4 is 17.2 Å². The van der Waals surface area contributed by atoms with Crippen molar-refractivity contribution in [1.82, 2.24) is 15.0 Å². The lowest BCUT2D eigenvalue weighted by Crippen LogP contribution is -2.10. The average molecular weight is 334 g/mol. The zero-order valence-electron chi connectivity index (χ0n) is 13.3. The minimum Gasteiger partial charge on any atom is -0.208 e. The van der Waals surface area contributed by atoms with E-state index in [1.807, 2.05) is 36.4 Å². The van der Waals surface area contributed by atoms with Gasteiger partial charge in [-0.15, -0.1) is 0 Å². The van der Waals surface area contributed by atoms with Gasteiger partial charge in [0.1, 0.15) is 0 Å². The van der Waals surface area contributed by atoms with Gasteiger partial charge < -0.3 is 0 Å². The number of fused-ring (bicyclic) bond motifs is 1. The van der Waals surface area contributed by atoms with Gasteiger partial charge in [-0.1, -0.05) is 67.6 Å². The quantitative estimate of drug-likeness (QED) is 0.675. The Labute approximate surface area is 146 Å². The van der Waals surface area contributed by atoms with Crippen LogP contribution in [0, 0.1) is 5.92 Å². The summed E-state index contributed by atoms with van der Waals surface area (Å²) in [7, 11) is 0. The summed E-state index contributed by atoms with van der Waals surface area (Å²) in [4.78, 5) is 13.4. The molecule has 0 radical (unpaired) electrons. The molecule has 1 aliphatic rings. The van der Waals surface area contributed by atoms with Gasteiger partial charge in [0.05, 0.1) is 0 Å². The van der Waals surface area contributed by atoms with Crippen LogP contribution in [0.5, 0.6) is 0 Å². The molecule has 24 heavy (non-hydrogen) atoms. The Bertz CT molecular complexity index is 919. The largest absolute Gasteiger partial charge is 0.226 e. The summed E-state index contributed by atoms with van der Waals surface area (Å²) in [6.07, 6.45) is 3.26. The molecule has 4 rings (SSSR count). The van der Waals surface area contributed by atoms with Gasteiger partial charge in [0.15, 0.2) is 11.6 Å². The van der Waals surface area contributed by atoms with Crippen LogP contribution in [0.4, 0.5) is 0 Å². The summed E-state index contributed by atoms with van der Waals surface area (Å²) in [6.45, 7) is 2.21. The number of aromatic nitrogens is 3. The molecule has 0 fully saturated rings. The van der Waals surface area contributed by atoms with Crippen LogP contribution in [0.25, 0.3) is 17.0 Å². The van der Waals surface area contributed by atoms with E-state index in [0.717, 1.165) is 17.6 Å². The molecular weight excluding hydrogens is 318 g/mol. The van der Waals surface area contributed by atoms with E-state index in [9.17, 15) is 0 Å². The third-order valence-electron chi connectivity index (χ3n) is 4.18. The average Bonchev–Trinajstić information content (AvgIpc) is 2.61. The van der Waals surface area contributed by atoms with E-state index < -0.39 is 0 Å². The molecule has 0 saturated carbocycles. The zero-order valence-corrected chi connectivity index (χ0v) is 14.0. The number of allylic oxidation sites excluding steroid dienone is 1. The molecule has 1 aliphatic carbocycles. The molecule has 3 nitrogen and oxygen atoms in total. The second-order valence-corrected chi connectivity index (χ2v) is 6.37. The van der Waals surface area contributed by atoms with Gasteiger partial charge in [-0.25, -0.2) is 4.98 Å². The first kappa shape index (κ1) is 15.0. The van der Waals surface area contributed by atoms with Crippen molar-refractivity contribution in [2.45, 2.75) is 13.3 Å². The van der Waals surface area contributed by atoms with Crippen molar-refractivity contribution in [2.75, 3.05) is 0 Å². The molecule has 0 amide bonds. The standard InChI is InChI=1S/C20H16ClN3/c1-13-11-15-9-5-6-10-16(15)17(12-13)19-22-18(23-20(21)24-19)14-7-3-2-4-8-14/h2-10,12-13H,11H2,1H3. The summed E-state index contributed by atoms with van der Waals surface area (Å²) in [5.41, 5.74) is 4.46. The van der Waals surface area contributed by atoms with Gasteiger partial charge in [0, 0.05) is 11.1 Å². The maximum Gasteiger partial charge on any atom is 0.226 e. The monoisotopic (exact) mass is 333 g/mol. The molecule has 3 aromatic rings. The molecule has 118 valence electrons. The molecule has 1 aromatic heterocycles. The lowest BCUT2D eigenvalue weighted by molar-refractivity contribution is 0.712. The van der Waals surface area contributed by atoms with E-state index in [0.29, 0.717) is 17.6 Å². The van der Waals surface area contributed by atoms with E-state index in [2.05, 4.69) is 46.2 Å². The third-order valence-corrected chi connectivity index (χ3v) is 4.35. The van der Waals surface area contributed by atoms with Crippen LogP contribution in [0.3, 0.4) is 0 Å². The molecule has 1 unspecified atom stereocenters. The third kappa shape index (κ3) is 2.83. The van der Waals surface area contributed by atoms with Crippen LogP contribution >= 0.6 is 11.6 Å². The molecule has 1 heterocycles. The highest BCUT2D eigenvalue weighted by Gasteiger charge is 2.20. The maximum absolute atomic E-state index is 6.19. The minimum absolute atomic E-state index is 0.218. The van der Waals surface area contributed by atoms with Crippen molar-refractivity contribution in [3.05, 3.63) is 82.9 Å². The second kappa shape index (κ2) is 6.17. The fourth-order valence-corrected chi connectivity index (χ4v) is 3.28. The number of hydrogen-bond acceptors (Lipinski definition) is 3. The summed E-state index contributed by atoms with van der Waals surface area (Å²) in [6, 6.07) is 18.2. The predicted molar refractivity (Wildman–Crippen MR) is 96.7 cm³/mol. The Morgan fingerprint density at radius 1 is 0.875 bits per heavy atom. The number of benzene rings is 2. The van der Waals surface area contributed by atoms with Crippen molar-refractivity contribution in [3.8, 4) is 11.4 Å². The molecular formula is C20H16ClN3. The lowest BCUT2D eigenvalue weighted by atomic mass is 9.85. The lowest BCUT2D eigenvalue weighted by Gasteiger charge is -2.21. The predicted octanol–water partition coefficient (Wildman–Crippen LogP) is 4.82. The molecule has 0 bridgehead atoms. The number of hydrogen-bond donors (Lipinski definition) is 0. The molecule has 1 atom stereocenters. The highest BCUT2D eigenvalue weighted by Crippen LogP contribution is 2.33. The van der Waals surface area contributed by atoms with Crippen LogP contribution in [-0.2, 0) is 6.42 Å². The molecule has 2 aromatic carbocycles. The summed E-state index contributed by atoms with van der Waals surface area (Å²) in [5, 5.41) is 0.218. The summed E-state index contributed by atoms with van der Waals surface area (Å²) in [5.74, 6) is 1.67. The molecule has 0 N–H and O–H groups in total. The van der Waals surface area contributed by atoms with E-state index in [1.54, 1.807) is 0 Å². The topological polar surface area (TPSA) is 38.7 Å². The van der Waals surface area contributed by atoms with Gasteiger partial charge >= 0.3 is 0 Å². The van der Waals surface area contributed by atoms with Gasteiger partial charge in [-0.3, -0.25) is 0 Å². The van der Waals surface area contributed by atoms with Crippen molar-refractivity contribution in [3.63, 3.8) is 0 Å². The Hall–Kier alpha value is -2.52. The van der Waals surface area contributed by atoms with Crippen LogP contribution in [0.1, 0.15) is 23.9 Å². The maximum atomic E-state index is 6.19. The van der Waals surface area contributed by atoms with Gasteiger partial charge in [0.25, 0.3) is 0 Å². The van der Waals surface area contributed by atoms with Crippen molar-refractivity contribution in [1.29, 1.82) is 0 Å². The second-order valence-electron chi connectivity index (χ2n) is 6.04. The van der Waals surface area contributed by atoms with Crippen LogP contribution in [0.2, 0.25) is 5.28 Å². The highest BCUT2D eigenvalue weighted by atomic mass is 35.5. The van der Waals surface area contributed by atoms with E-state index in [1.165, 1.54) is 11.1 Å². The van der Waals surface area contributed by atoms with Crippen LogP contribution in [-0.4, -0.2) is 15.0 Å².